The molecular weight excluding hydrogens is 352 g/mol. The molecule has 1 heterocycles. The molecule has 1 aliphatic heterocycles. The van der Waals surface area contributed by atoms with Crippen molar-refractivity contribution in [3.05, 3.63) is 34.3 Å². The second kappa shape index (κ2) is 7.80. The zero-order valence-corrected chi connectivity index (χ0v) is 15.3. The van der Waals surface area contributed by atoms with Crippen LogP contribution in [-0.2, 0) is 10.2 Å². The summed E-state index contributed by atoms with van der Waals surface area (Å²) in [6, 6.07) is 8.34. The molecule has 1 saturated heterocycles. The number of piperidine rings is 1. The highest BCUT2D eigenvalue weighted by Gasteiger charge is 2.41. The van der Waals surface area contributed by atoms with Gasteiger partial charge in [0.15, 0.2) is 0 Å². The molecule has 3 rings (SSSR count). The minimum absolute atomic E-state index is 0.237. The molecule has 1 amide bonds. The average molecular weight is 379 g/mol. The first-order valence-corrected chi connectivity index (χ1v) is 9.75. The number of halogens is 1. The lowest BCUT2D eigenvalue weighted by Crippen LogP contribution is -2.48. The van der Waals surface area contributed by atoms with E-state index >= 15 is 0 Å². The average Bonchev–Trinajstić information content (AvgIpc) is 2.61. The van der Waals surface area contributed by atoms with Gasteiger partial charge in [-0.25, -0.2) is 0 Å². The third-order valence-electron chi connectivity index (χ3n) is 5.47. The summed E-state index contributed by atoms with van der Waals surface area (Å²) in [5, 5.41) is 6.72. The molecule has 2 N–H and O–H groups in total. The monoisotopic (exact) mass is 378 g/mol. The van der Waals surface area contributed by atoms with Crippen molar-refractivity contribution in [2.24, 2.45) is 5.92 Å². The number of carbonyl (C=O) groups is 1. The number of rotatable bonds is 4. The topological polar surface area (TPSA) is 41.1 Å². The predicted molar refractivity (Wildman–Crippen MR) is 97.5 cm³/mol. The molecule has 4 heteroatoms. The Labute approximate surface area is 147 Å². The Bertz CT molecular complexity index is 534. The van der Waals surface area contributed by atoms with Crippen molar-refractivity contribution < 1.29 is 4.79 Å². The lowest BCUT2D eigenvalue weighted by Gasteiger charge is -2.37. The highest BCUT2D eigenvalue weighted by Crippen LogP contribution is 2.40. The van der Waals surface area contributed by atoms with Crippen LogP contribution in [0.15, 0.2) is 28.7 Å². The fraction of sp³-hybridized carbons (Fsp3) is 0.632. The number of carbonyl (C=O) groups excluding carboxylic acids is 1. The second-order valence-electron chi connectivity index (χ2n) is 7.08. The van der Waals surface area contributed by atoms with Crippen LogP contribution >= 0.6 is 15.9 Å². The van der Waals surface area contributed by atoms with Crippen molar-refractivity contribution >= 4 is 21.8 Å². The van der Waals surface area contributed by atoms with Gasteiger partial charge in [0.2, 0.25) is 5.91 Å². The highest BCUT2D eigenvalue weighted by molar-refractivity contribution is 9.10. The number of benzene rings is 1. The molecule has 1 aromatic carbocycles. The molecule has 1 aliphatic carbocycles. The summed E-state index contributed by atoms with van der Waals surface area (Å²) in [5.41, 5.74) is 0.843. The first kappa shape index (κ1) is 17.0. The Morgan fingerprint density at radius 1 is 1.26 bits per heavy atom. The molecule has 23 heavy (non-hydrogen) atoms. The van der Waals surface area contributed by atoms with Gasteiger partial charge in [0.1, 0.15) is 0 Å². The van der Waals surface area contributed by atoms with Gasteiger partial charge in [-0.1, -0.05) is 47.3 Å². The van der Waals surface area contributed by atoms with E-state index in [9.17, 15) is 4.79 Å². The summed E-state index contributed by atoms with van der Waals surface area (Å²) in [6.45, 7) is 2.96. The summed E-state index contributed by atoms with van der Waals surface area (Å²) < 4.78 is 1.06. The van der Waals surface area contributed by atoms with Gasteiger partial charge in [0.05, 0.1) is 5.41 Å². The van der Waals surface area contributed by atoms with Crippen molar-refractivity contribution in [1.82, 2.24) is 10.6 Å². The largest absolute Gasteiger partial charge is 0.355 e. The number of amides is 1. The van der Waals surface area contributed by atoms with Crippen LogP contribution in [0.3, 0.4) is 0 Å². The quantitative estimate of drug-likeness (QED) is 0.836. The van der Waals surface area contributed by atoms with Crippen LogP contribution in [0, 0.1) is 5.92 Å². The van der Waals surface area contributed by atoms with Crippen molar-refractivity contribution in [3.63, 3.8) is 0 Å². The van der Waals surface area contributed by atoms with Gasteiger partial charge in [-0.3, -0.25) is 4.79 Å². The van der Waals surface area contributed by atoms with Crippen LogP contribution < -0.4 is 10.6 Å². The minimum Gasteiger partial charge on any atom is -0.355 e. The Balaban J connectivity index is 1.73. The molecule has 126 valence electrons. The number of hydrogen-bond donors (Lipinski definition) is 2. The van der Waals surface area contributed by atoms with E-state index in [-0.39, 0.29) is 11.3 Å². The van der Waals surface area contributed by atoms with Gasteiger partial charge in [-0.2, -0.15) is 0 Å². The molecule has 2 aliphatic rings. The van der Waals surface area contributed by atoms with Crippen LogP contribution in [0.4, 0.5) is 0 Å². The lowest BCUT2D eigenvalue weighted by molar-refractivity contribution is -0.128. The smallest absolute Gasteiger partial charge is 0.230 e. The molecule has 1 aromatic rings. The van der Waals surface area contributed by atoms with Gasteiger partial charge in [-0.15, -0.1) is 0 Å². The SMILES string of the molecule is O=C(NCC1CCCNC1)C1(c2cccc(Br)c2)CCCCC1. The van der Waals surface area contributed by atoms with E-state index in [0.717, 1.165) is 49.8 Å². The van der Waals surface area contributed by atoms with Crippen molar-refractivity contribution in [3.8, 4) is 0 Å². The maximum Gasteiger partial charge on any atom is 0.230 e. The van der Waals surface area contributed by atoms with Crippen molar-refractivity contribution in [2.75, 3.05) is 19.6 Å². The Kier molecular flexibility index (Phi) is 5.76. The molecule has 0 aromatic heterocycles. The maximum atomic E-state index is 13.1. The van der Waals surface area contributed by atoms with Crippen molar-refractivity contribution in [1.29, 1.82) is 0 Å². The van der Waals surface area contributed by atoms with Crippen LogP contribution in [0.5, 0.6) is 0 Å². The molecule has 2 fully saturated rings. The Morgan fingerprint density at radius 3 is 2.78 bits per heavy atom. The molecule has 0 radical (unpaired) electrons. The van der Waals surface area contributed by atoms with Crippen molar-refractivity contribution in [2.45, 2.75) is 50.4 Å². The van der Waals surface area contributed by atoms with E-state index in [0.29, 0.717) is 5.92 Å². The first-order chi connectivity index (χ1) is 11.2. The van der Waals surface area contributed by atoms with Gasteiger partial charge in [0.25, 0.3) is 0 Å². The second-order valence-corrected chi connectivity index (χ2v) is 7.99. The molecule has 1 unspecified atom stereocenters. The molecule has 1 atom stereocenters. The summed E-state index contributed by atoms with van der Waals surface area (Å²) in [7, 11) is 0. The van der Waals surface area contributed by atoms with Gasteiger partial charge in [-0.05, 0) is 62.4 Å². The maximum absolute atomic E-state index is 13.1. The third kappa shape index (κ3) is 3.97. The van der Waals surface area contributed by atoms with E-state index in [4.69, 9.17) is 0 Å². The number of nitrogens with one attached hydrogen (secondary N) is 2. The lowest BCUT2D eigenvalue weighted by atomic mass is 9.68. The predicted octanol–water partition coefficient (Wildman–Crippen LogP) is 3.77. The summed E-state index contributed by atoms with van der Waals surface area (Å²) in [4.78, 5) is 13.1. The van der Waals surface area contributed by atoms with E-state index in [2.05, 4.69) is 38.7 Å². The van der Waals surface area contributed by atoms with Crippen LogP contribution in [0.25, 0.3) is 0 Å². The normalized spacial score (nSPS) is 24.1. The fourth-order valence-electron chi connectivity index (χ4n) is 4.09. The Hall–Kier alpha value is -0.870. The van der Waals surface area contributed by atoms with E-state index in [1.165, 1.54) is 24.8 Å². The van der Waals surface area contributed by atoms with Crippen LogP contribution in [0.1, 0.15) is 50.5 Å². The molecule has 0 spiro atoms. The standard InChI is InChI=1S/C19H27BrN2O/c20-17-8-4-7-16(12-17)19(9-2-1-3-10-19)18(23)22-14-15-6-5-11-21-13-15/h4,7-8,12,15,21H,1-3,5-6,9-11,13-14H2,(H,22,23). The number of hydrogen-bond acceptors (Lipinski definition) is 2. The molecule has 3 nitrogen and oxygen atoms in total. The summed E-state index contributed by atoms with van der Waals surface area (Å²) >= 11 is 3.56. The molecular formula is C19H27BrN2O. The zero-order valence-electron chi connectivity index (χ0n) is 13.7. The summed E-state index contributed by atoms with van der Waals surface area (Å²) in [6.07, 6.45) is 7.91. The van der Waals surface area contributed by atoms with E-state index in [1.54, 1.807) is 0 Å². The van der Waals surface area contributed by atoms with Gasteiger partial charge < -0.3 is 10.6 Å². The van der Waals surface area contributed by atoms with E-state index < -0.39 is 0 Å². The summed E-state index contributed by atoms with van der Waals surface area (Å²) in [5.74, 6) is 0.816. The highest BCUT2D eigenvalue weighted by atomic mass is 79.9. The van der Waals surface area contributed by atoms with E-state index in [1.807, 2.05) is 12.1 Å². The van der Waals surface area contributed by atoms with Crippen LogP contribution in [-0.4, -0.2) is 25.5 Å². The Morgan fingerprint density at radius 2 is 2.09 bits per heavy atom. The van der Waals surface area contributed by atoms with Gasteiger partial charge in [0, 0.05) is 11.0 Å². The third-order valence-corrected chi connectivity index (χ3v) is 5.96. The minimum atomic E-state index is -0.329. The van der Waals surface area contributed by atoms with Crippen LogP contribution in [0.2, 0.25) is 0 Å². The molecule has 1 saturated carbocycles. The zero-order chi connectivity index (χ0) is 16.1. The van der Waals surface area contributed by atoms with Gasteiger partial charge >= 0.3 is 0 Å². The fourth-order valence-corrected chi connectivity index (χ4v) is 4.49. The molecule has 0 bridgehead atoms. The first-order valence-electron chi connectivity index (χ1n) is 8.96.